The lowest BCUT2D eigenvalue weighted by Crippen LogP contribution is -2.64. The molecule has 16 rings (SSSR count). The summed E-state index contributed by atoms with van der Waals surface area (Å²) in [6.45, 7) is 41.4. The molecular weight excluding hydrogens is 1260 g/mol. The van der Waals surface area contributed by atoms with E-state index in [0.29, 0.717) is 0 Å². The van der Waals surface area contributed by atoms with Crippen molar-refractivity contribution in [1.29, 1.82) is 0 Å². The Morgan fingerprint density at radius 1 is 0.231 bits per heavy atom. The van der Waals surface area contributed by atoms with Crippen LogP contribution in [0, 0.1) is 0 Å². The van der Waals surface area contributed by atoms with Gasteiger partial charge in [-0.25, -0.2) is 0 Å². The summed E-state index contributed by atoms with van der Waals surface area (Å²) < 4.78 is 8.02. The van der Waals surface area contributed by atoms with E-state index in [0.717, 1.165) is 96.4 Å². The highest BCUT2D eigenvalue weighted by Gasteiger charge is 2.49. The molecular formula is C96H97B2N5O. The van der Waals surface area contributed by atoms with Gasteiger partial charge in [0, 0.05) is 86.1 Å². The monoisotopic (exact) mass is 1360 g/mol. The van der Waals surface area contributed by atoms with Gasteiger partial charge >= 0.3 is 0 Å². The molecule has 0 N–H and O–H groups in total. The molecule has 0 saturated heterocycles. The van der Waals surface area contributed by atoms with Crippen molar-refractivity contribution in [3.8, 4) is 11.5 Å². The van der Waals surface area contributed by atoms with Gasteiger partial charge in [-0.05, 0) is 214 Å². The van der Waals surface area contributed by atoms with E-state index in [2.05, 4.69) is 410 Å². The van der Waals surface area contributed by atoms with Gasteiger partial charge in [0.25, 0.3) is 13.4 Å². The van der Waals surface area contributed by atoms with Crippen LogP contribution in [0.1, 0.15) is 158 Å². The Hall–Kier alpha value is -10.4. The molecule has 518 valence electrons. The molecule has 0 atom stereocenters. The van der Waals surface area contributed by atoms with Crippen LogP contribution in [0.5, 0.6) is 11.5 Å². The second-order valence-corrected chi connectivity index (χ2v) is 35.6. The maximum atomic E-state index is 8.02. The summed E-state index contributed by atoms with van der Waals surface area (Å²) in [5, 5.41) is 0. The molecule has 0 aliphatic carbocycles. The number of hydrogen-bond acceptors (Lipinski definition) is 6. The van der Waals surface area contributed by atoms with Crippen LogP contribution in [0.2, 0.25) is 0 Å². The zero-order chi connectivity index (χ0) is 72.9. The summed E-state index contributed by atoms with van der Waals surface area (Å²) in [4.78, 5) is 12.7. The van der Waals surface area contributed by atoms with Crippen LogP contribution in [-0.2, 0) is 32.5 Å². The molecule has 12 aromatic carbocycles. The highest BCUT2D eigenvalue weighted by atomic mass is 16.5. The maximum Gasteiger partial charge on any atom is 0.256 e. The molecule has 6 nitrogen and oxygen atoms in total. The molecule has 0 radical (unpaired) electrons. The number of anilines is 15. The highest BCUT2D eigenvalue weighted by molar-refractivity contribution is 7.02. The third-order valence-corrected chi connectivity index (χ3v) is 22.1. The van der Waals surface area contributed by atoms with Gasteiger partial charge in [0.15, 0.2) is 0 Å². The van der Waals surface area contributed by atoms with Gasteiger partial charge in [0.1, 0.15) is 11.5 Å². The van der Waals surface area contributed by atoms with Gasteiger partial charge in [0.05, 0.1) is 11.4 Å². The number of nitrogens with zero attached hydrogens (tertiary/aromatic N) is 5. The third kappa shape index (κ3) is 11.9. The first-order valence-corrected chi connectivity index (χ1v) is 37.5. The second kappa shape index (κ2) is 24.6. The van der Waals surface area contributed by atoms with Gasteiger partial charge in [-0.1, -0.05) is 258 Å². The van der Waals surface area contributed by atoms with E-state index in [-0.39, 0.29) is 45.9 Å². The number of rotatable bonds is 9. The average Bonchev–Trinajstić information content (AvgIpc) is 0.688. The van der Waals surface area contributed by atoms with E-state index >= 15 is 0 Å². The summed E-state index contributed by atoms with van der Waals surface area (Å²) in [6, 6.07) is 99.6. The summed E-state index contributed by atoms with van der Waals surface area (Å²) >= 11 is 0. The van der Waals surface area contributed by atoms with Crippen LogP contribution in [0.4, 0.5) is 85.3 Å². The van der Waals surface area contributed by atoms with E-state index in [9.17, 15) is 0 Å². The minimum Gasteiger partial charge on any atom is -0.458 e. The summed E-state index contributed by atoms with van der Waals surface area (Å²) in [6.07, 6.45) is 0. The van der Waals surface area contributed by atoms with Crippen LogP contribution in [0.15, 0.2) is 261 Å². The smallest absolute Gasteiger partial charge is 0.256 e. The van der Waals surface area contributed by atoms with Crippen LogP contribution in [0.25, 0.3) is 0 Å². The first kappa shape index (κ1) is 68.0. The third-order valence-electron chi connectivity index (χ3n) is 22.1. The van der Waals surface area contributed by atoms with Crippen LogP contribution in [0.3, 0.4) is 0 Å². The van der Waals surface area contributed by atoms with Crippen molar-refractivity contribution < 1.29 is 4.74 Å². The van der Waals surface area contributed by atoms with Gasteiger partial charge < -0.3 is 29.2 Å². The van der Waals surface area contributed by atoms with Crippen molar-refractivity contribution in [2.45, 2.75) is 157 Å². The van der Waals surface area contributed by atoms with E-state index in [1.807, 2.05) is 0 Å². The molecule has 4 aliphatic rings. The first-order valence-electron chi connectivity index (χ1n) is 37.5. The first-order chi connectivity index (χ1) is 49.4. The molecule has 0 bridgehead atoms. The Morgan fingerprint density at radius 2 is 0.538 bits per heavy atom. The zero-order valence-corrected chi connectivity index (χ0v) is 64.1. The molecule has 0 unspecified atom stereocenters. The number of fused-ring (bicyclic) bond motifs is 8. The Labute approximate surface area is 619 Å². The van der Waals surface area contributed by atoms with E-state index in [1.165, 1.54) is 66.6 Å². The molecule has 4 aliphatic heterocycles. The fourth-order valence-electron chi connectivity index (χ4n) is 16.3. The largest absolute Gasteiger partial charge is 0.458 e. The van der Waals surface area contributed by atoms with Crippen molar-refractivity contribution >= 4 is 132 Å². The lowest BCUT2D eigenvalue weighted by Gasteiger charge is -2.46. The lowest BCUT2D eigenvalue weighted by molar-refractivity contribution is 0.488. The number of benzene rings is 12. The Morgan fingerprint density at radius 3 is 0.885 bits per heavy atom. The van der Waals surface area contributed by atoms with Crippen LogP contribution >= 0.6 is 0 Å². The van der Waals surface area contributed by atoms with Crippen LogP contribution in [-0.4, -0.2) is 13.4 Å². The van der Waals surface area contributed by atoms with Crippen molar-refractivity contribution in [2.75, 3.05) is 24.5 Å². The Bertz CT molecular complexity index is 5230. The molecule has 0 aromatic heterocycles. The molecule has 0 saturated carbocycles. The Balaban J connectivity index is 1.01. The zero-order valence-electron chi connectivity index (χ0n) is 64.1. The highest BCUT2D eigenvalue weighted by Crippen LogP contribution is 2.53. The molecule has 8 heteroatoms. The number of ether oxygens (including phenoxy) is 1. The van der Waals surface area contributed by atoms with E-state index in [4.69, 9.17) is 4.74 Å². The summed E-state index contributed by atoms with van der Waals surface area (Å²) in [5.74, 6) is 1.67. The molecule has 0 spiro atoms. The average molecular weight is 1360 g/mol. The summed E-state index contributed by atoms with van der Waals surface area (Å²) in [5.41, 5.74) is 30.6. The predicted molar refractivity (Wildman–Crippen MR) is 448 cm³/mol. The van der Waals surface area contributed by atoms with Gasteiger partial charge in [0.2, 0.25) is 0 Å². The van der Waals surface area contributed by atoms with Crippen LogP contribution < -0.4 is 62.0 Å². The lowest BCUT2D eigenvalue weighted by atomic mass is 9.30. The molecule has 0 fully saturated rings. The fourth-order valence-corrected chi connectivity index (χ4v) is 16.3. The minimum atomic E-state index is -0.226. The molecule has 104 heavy (non-hydrogen) atoms. The molecule has 0 amide bonds. The molecule has 4 heterocycles. The SMILES string of the molecule is CC(C)(C)c1cccc(N(c2cccc(C(C)(C)C)c2)c2cc3c4c(c2)N(c2ccccc2)c2cc(C(C)(C)C)ccc2B4c2cc4c(cc2O3)N(c2ccccc2)c2cc(N(c3cccc(C(C)(C)C)c3)c3cccc(C(C)(C)C)c3)cc3c2B4c2ccc(C(C)(C)C)cc2N3c2ccccc2)c1. The fraction of sp³-hybridized carbons (Fsp3) is 0.250. The van der Waals surface area contributed by atoms with E-state index in [1.54, 1.807) is 0 Å². The molecule has 12 aromatic rings. The number of hydrogen-bond donors (Lipinski definition) is 0. The van der Waals surface area contributed by atoms with Crippen molar-refractivity contribution in [3.63, 3.8) is 0 Å². The Kier molecular flexibility index (Phi) is 16.1. The second-order valence-electron chi connectivity index (χ2n) is 35.6. The van der Waals surface area contributed by atoms with Gasteiger partial charge in [-0.2, -0.15) is 0 Å². The van der Waals surface area contributed by atoms with Gasteiger partial charge in [-0.3, -0.25) is 0 Å². The van der Waals surface area contributed by atoms with Crippen molar-refractivity contribution in [3.05, 3.63) is 294 Å². The quantitative estimate of drug-likeness (QED) is 0.134. The number of para-hydroxylation sites is 3. The standard InChI is InChI=1S/C96H97B2N5O/c1-91(2,3)62-32-28-42-71(50-62)99(72-43-29-33-63(51-72)92(4,5)6)75-56-84-89-85(57-75)103(70-40-26-21-27-41-70)83-61-87-80(60-79(83)97(89)77-48-46-66(95(13,14)15)54-81(77)101(84)68-36-22-19-23-37-68)98-78-49-47-67(96(16,17)18)55-82(78)102(69-38-24-20-25-39-69)86-58-76(59-88(104-87)90(86)98)100(73-44-30-34-64(52-73)93(7,8)9)74-45-31-35-65(53-74)94(10,11)12/h19-61H,1-18H3. The van der Waals surface area contributed by atoms with Crippen molar-refractivity contribution in [1.82, 2.24) is 0 Å². The normalized spacial score (nSPS) is 13.8. The topological polar surface area (TPSA) is 25.4 Å². The van der Waals surface area contributed by atoms with E-state index < -0.39 is 0 Å². The summed E-state index contributed by atoms with van der Waals surface area (Å²) in [7, 11) is 0. The minimum absolute atomic E-state index is 0.0995. The van der Waals surface area contributed by atoms with Crippen molar-refractivity contribution in [2.24, 2.45) is 0 Å². The maximum absolute atomic E-state index is 8.02. The van der Waals surface area contributed by atoms with Gasteiger partial charge in [-0.15, -0.1) is 0 Å². The predicted octanol–water partition coefficient (Wildman–Crippen LogP) is 22.9.